The van der Waals surface area contributed by atoms with Crippen molar-refractivity contribution in [2.75, 3.05) is 32.8 Å². The van der Waals surface area contributed by atoms with Gasteiger partial charge in [-0.3, -0.25) is 9.88 Å². The van der Waals surface area contributed by atoms with Gasteiger partial charge in [-0.2, -0.15) is 0 Å². The molecule has 1 aromatic heterocycles. The smallest absolute Gasteiger partial charge is 0.0594 e. The number of hydrogen-bond donors (Lipinski definition) is 0. The summed E-state index contributed by atoms with van der Waals surface area (Å²) in [6.07, 6.45) is 2.93. The van der Waals surface area contributed by atoms with E-state index in [-0.39, 0.29) is 0 Å². The predicted octanol–water partition coefficient (Wildman–Crippen LogP) is 2.11. The van der Waals surface area contributed by atoms with E-state index in [1.807, 2.05) is 6.20 Å². The van der Waals surface area contributed by atoms with Crippen LogP contribution in [0.5, 0.6) is 0 Å². The van der Waals surface area contributed by atoms with Crippen molar-refractivity contribution in [1.29, 1.82) is 0 Å². The van der Waals surface area contributed by atoms with Crippen molar-refractivity contribution in [1.82, 2.24) is 9.88 Å². The van der Waals surface area contributed by atoms with Gasteiger partial charge in [-0.05, 0) is 11.5 Å². The number of rotatable bonds is 3. The Morgan fingerprint density at radius 2 is 1.94 bits per heavy atom. The zero-order chi connectivity index (χ0) is 12.2. The van der Waals surface area contributed by atoms with Gasteiger partial charge in [0.05, 0.1) is 13.2 Å². The molecule has 0 aliphatic carbocycles. The summed E-state index contributed by atoms with van der Waals surface area (Å²) in [4.78, 5) is 6.98. The highest BCUT2D eigenvalue weighted by Gasteiger charge is 2.11. The second-order valence-electron chi connectivity index (χ2n) is 4.68. The monoisotopic (exact) mass is 242 g/mol. The van der Waals surface area contributed by atoms with Gasteiger partial charge in [0.1, 0.15) is 0 Å². The average Bonchev–Trinajstić information content (AvgIpc) is 2.46. The predicted molar refractivity (Wildman–Crippen MR) is 72.7 cm³/mol. The van der Waals surface area contributed by atoms with E-state index in [9.17, 15) is 0 Å². The van der Waals surface area contributed by atoms with Crippen LogP contribution >= 0.6 is 0 Å². The lowest BCUT2D eigenvalue weighted by atomic mass is 10.1. The molecule has 3 nitrogen and oxygen atoms in total. The third kappa shape index (κ3) is 2.52. The summed E-state index contributed by atoms with van der Waals surface area (Å²) in [5.74, 6) is 0. The van der Waals surface area contributed by atoms with E-state index in [4.69, 9.17) is 4.74 Å². The topological polar surface area (TPSA) is 25.4 Å². The van der Waals surface area contributed by atoms with Gasteiger partial charge in [-0.15, -0.1) is 0 Å². The lowest BCUT2D eigenvalue weighted by Gasteiger charge is -2.26. The molecule has 3 heteroatoms. The maximum Gasteiger partial charge on any atom is 0.0594 e. The van der Waals surface area contributed by atoms with Crippen LogP contribution in [0.1, 0.15) is 5.69 Å². The van der Waals surface area contributed by atoms with Crippen LogP contribution in [0.3, 0.4) is 0 Å². The van der Waals surface area contributed by atoms with Crippen LogP contribution in [0.25, 0.3) is 10.8 Å². The Kier molecular flexibility index (Phi) is 3.53. The first-order chi connectivity index (χ1) is 8.93. The third-order valence-corrected chi connectivity index (χ3v) is 3.52. The number of nitrogens with zero attached hydrogens (tertiary/aromatic N) is 2. The fraction of sp³-hybridized carbons (Fsp3) is 0.400. The molecule has 1 saturated heterocycles. The summed E-state index contributed by atoms with van der Waals surface area (Å²) in [5, 5.41) is 2.57. The van der Waals surface area contributed by atoms with E-state index in [2.05, 4.69) is 40.2 Å². The van der Waals surface area contributed by atoms with Crippen LogP contribution in [-0.4, -0.2) is 42.7 Å². The molecule has 0 spiro atoms. The fourth-order valence-electron chi connectivity index (χ4n) is 2.47. The van der Waals surface area contributed by atoms with Gasteiger partial charge in [0.15, 0.2) is 0 Å². The molecule has 1 aliphatic rings. The summed E-state index contributed by atoms with van der Waals surface area (Å²) < 4.78 is 5.36. The van der Waals surface area contributed by atoms with E-state index in [1.54, 1.807) is 0 Å². The van der Waals surface area contributed by atoms with Crippen LogP contribution < -0.4 is 0 Å². The van der Waals surface area contributed by atoms with Crippen LogP contribution in [-0.2, 0) is 11.2 Å². The average molecular weight is 242 g/mol. The lowest BCUT2D eigenvalue weighted by Crippen LogP contribution is -2.37. The van der Waals surface area contributed by atoms with E-state index in [0.717, 1.165) is 39.3 Å². The highest BCUT2D eigenvalue weighted by Crippen LogP contribution is 2.17. The molecule has 0 amide bonds. The van der Waals surface area contributed by atoms with Crippen molar-refractivity contribution < 1.29 is 4.74 Å². The number of hydrogen-bond acceptors (Lipinski definition) is 3. The summed E-state index contributed by atoms with van der Waals surface area (Å²) in [6, 6.07) is 10.6. The Morgan fingerprint density at radius 3 is 2.83 bits per heavy atom. The van der Waals surface area contributed by atoms with Gasteiger partial charge < -0.3 is 4.74 Å². The molecule has 0 N–H and O–H groups in total. The molecule has 3 rings (SSSR count). The van der Waals surface area contributed by atoms with Gasteiger partial charge in [0, 0.05) is 43.3 Å². The van der Waals surface area contributed by atoms with E-state index >= 15 is 0 Å². The Morgan fingerprint density at radius 1 is 1.11 bits per heavy atom. The summed E-state index contributed by atoms with van der Waals surface area (Å²) in [7, 11) is 0. The number of morpholine rings is 1. The maximum absolute atomic E-state index is 5.36. The number of benzene rings is 1. The Bertz CT molecular complexity index is 515. The standard InChI is InChI=1S/C15H18N2O/c1-2-4-14-13(3-1)5-7-16-15(14)6-8-17-9-11-18-12-10-17/h1-5,7H,6,8-12H2. The molecule has 0 atom stereocenters. The van der Waals surface area contributed by atoms with Crippen molar-refractivity contribution >= 4 is 10.8 Å². The molecule has 0 saturated carbocycles. The number of aromatic nitrogens is 1. The fourth-order valence-corrected chi connectivity index (χ4v) is 2.47. The second kappa shape index (κ2) is 5.46. The van der Waals surface area contributed by atoms with Crippen molar-refractivity contribution in [3.8, 4) is 0 Å². The molecule has 2 heterocycles. The van der Waals surface area contributed by atoms with Crippen molar-refractivity contribution in [2.24, 2.45) is 0 Å². The van der Waals surface area contributed by atoms with Crippen molar-refractivity contribution in [3.05, 3.63) is 42.2 Å². The molecular weight excluding hydrogens is 224 g/mol. The quantitative estimate of drug-likeness (QED) is 0.824. The third-order valence-electron chi connectivity index (χ3n) is 3.52. The van der Waals surface area contributed by atoms with Crippen LogP contribution in [0.4, 0.5) is 0 Å². The van der Waals surface area contributed by atoms with Crippen LogP contribution in [0.2, 0.25) is 0 Å². The molecule has 18 heavy (non-hydrogen) atoms. The number of ether oxygens (including phenoxy) is 1. The van der Waals surface area contributed by atoms with Crippen LogP contribution in [0, 0.1) is 0 Å². The Balaban J connectivity index is 1.74. The maximum atomic E-state index is 5.36. The molecule has 2 aromatic rings. The molecule has 1 aliphatic heterocycles. The Labute approximate surface area is 107 Å². The first kappa shape index (κ1) is 11.6. The molecule has 0 radical (unpaired) electrons. The SMILES string of the molecule is c1ccc2c(CCN3CCOCC3)nccc2c1. The molecular formula is C15H18N2O. The zero-order valence-electron chi connectivity index (χ0n) is 10.5. The normalized spacial score (nSPS) is 17.1. The van der Waals surface area contributed by atoms with E-state index < -0.39 is 0 Å². The molecule has 0 unspecified atom stereocenters. The second-order valence-corrected chi connectivity index (χ2v) is 4.68. The number of pyridine rings is 1. The van der Waals surface area contributed by atoms with Gasteiger partial charge >= 0.3 is 0 Å². The molecule has 1 fully saturated rings. The first-order valence-electron chi connectivity index (χ1n) is 6.56. The van der Waals surface area contributed by atoms with Crippen molar-refractivity contribution in [3.63, 3.8) is 0 Å². The highest BCUT2D eigenvalue weighted by molar-refractivity contribution is 5.84. The largest absolute Gasteiger partial charge is 0.379 e. The number of fused-ring (bicyclic) bond motifs is 1. The summed E-state index contributed by atoms with van der Waals surface area (Å²) >= 11 is 0. The molecule has 94 valence electrons. The highest BCUT2D eigenvalue weighted by atomic mass is 16.5. The first-order valence-corrected chi connectivity index (χ1v) is 6.56. The van der Waals surface area contributed by atoms with Gasteiger partial charge in [0.25, 0.3) is 0 Å². The van der Waals surface area contributed by atoms with E-state index in [1.165, 1.54) is 16.5 Å². The Hall–Kier alpha value is -1.45. The minimum Gasteiger partial charge on any atom is -0.379 e. The lowest BCUT2D eigenvalue weighted by molar-refractivity contribution is 0.0384. The van der Waals surface area contributed by atoms with Gasteiger partial charge in [-0.1, -0.05) is 24.3 Å². The summed E-state index contributed by atoms with van der Waals surface area (Å²) in [5.41, 5.74) is 1.21. The zero-order valence-corrected chi connectivity index (χ0v) is 10.5. The van der Waals surface area contributed by atoms with Crippen molar-refractivity contribution in [2.45, 2.75) is 6.42 Å². The van der Waals surface area contributed by atoms with Crippen LogP contribution in [0.15, 0.2) is 36.5 Å². The minimum atomic E-state index is 0.864. The van der Waals surface area contributed by atoms with Gasteiger partial charge in [0.2, 0.25) is 0 Å². The van der Waals surface area contributed by atoms with Gasteiger partial charge in [-0.25, -0.2) is 0 Å². The molecule has 1 aromatic carbocycles. The minimum absolute atomic E-state index is 0.864. The van der Waals surface area contributed by atoms with E-state index in [0.29, 0.717) is 0 Å². The molecule has 0 bridgehead atoms. The summed E-state index contributed by atoms with van der Waals surface area (Å²) in [6.45, 7) is 4.89.